The molecule has 0 aliphatic carbocycles. The van der Waals surface area contributed by atoms with Crippen LogP contribution in [0.5, 0.6) is 0 Å². The van der Waals surface area contributed by atoms with Gasteiger partial charge in [-0.25, -0.2) is 0 Å². The fraction of sp³-hybridized carbons (Fsp3) is 0.381. The molecule has 0 saturated carbocycles. The summed E-state index contributed by atoms with van der Waals surface area (Å²) in [5.74, 6) is -0.747. The van der Waals surface area contributed by atoms with Crippen LogP contribution in [0.15, 0.2) is 60.7 Å². The maximum Gasteiger partial charge on any atom is 0.323 e. The molecule has 2 rings (SSSR count). The largest absolute Gasteiger partial charge is 0.480 e. The van der Waals surface area contributed by atoms with E-state index >= 15 is 0 Å². The van der Waals surface area contributed by atoms with Gasteiger partial charge in [0.15, 0.2) is 0 Å². The van der Waals surface area contributed by atoms with Crippen molar-refractivity contribution in [2.45, 2.75) is 51.7 Å². The standard InChI is InChI=1S/C21H27NO2/c1-3-4-15-21(2,20(23)24)22(16-18-11-7-5-8-12-18)17-19-13-9-6-10-14-19/h5-14H,3-4,15-17H2,1-2H3,(H,23,24)/t21-/m0/s1. The van der Waals surface area contributed by atoms with Crippen LogP contribution in [-0.4, -0.2) is 21.5 Å². The number of nitrogens with zero attached hydrogens (tertiary/aromatic N) is 1. The second-order valence-corrected chi connectivity index (χ2v) is 6.51. The Kier molecular flexibility index (Phi) is 6.56. The first-order valence-corrected chi connectivity index (χ1v) is 8.62. The molecule has 0 bridgehead atoms. The number of hydrogen-bond acceptors (Lipinski definition) is 2. The van der Waals surface area contributed by atoms with Gasteiger partial charge >= 0.3 is 5.97 Å². The van der Waals surface area contributed by atoms with Gasteiger partial charge in [-0.1, -0.05) is 80.4 Å². The van der Waals surface area contributed by atoms with Crippen LogP contribution in [0.25, 0.3) is 0 Å². The van der Waals surface area contributed by atoms with Crippen LogP contribution in [-0.2, 0) is 17.9 Å². The number of benzene rings is 2. The monoisotopic (exact) mass is 325 g/mol. The van der Waals surface area contributed by atoms with Crippen LogP contribution >= 0.6 is 0 Å². The molecule has 0 amide bonds. The number of rotatable bonds is 9. The summed E-state index contributed by atoms with van der Waals surface area (Å²) in [4.78, 5) is 14.2. The highest BCUT2D eigenvalue weighted by Crippen LogP contribution is 2.27. The molecule has 0 aromatic heterocycles. The van der Waals surface area contributed by atoms with Gasteiger partial charge in [-0.05, 0) is 24.5 Å². The molecule has 2 aromatic carbocycles. The van der Waals surface area contributed by atoms with E-state index in [4.69, 9.17) is 0 Å². The van der Waals surface area contributed by atoms with E-state index in [2.05, 4.69) is 36.1 Å². The van der Waals surface area contributed by atoms with E-state index in [-0.39, 0.29) is 0 Å². The van der Waals surface area contributed by atoms with Crippen LogP contribution in [0.3, 0.4) is 0 Å². The van der Waals surface area contributed by atoms with Gasteiger partial charge in [-0.15, -0.1) is 0 Å². The Bertz CT molecular complexity index is 585. The summed E-state index contributed by atoms with van der Waals surface area (Å²) < 4.78 is 0. The van der Waals surface area contributed by atoms with E-state index in [0.717, 1.165) is 24.0 Å². The highest BCUT2D eigenvalue weighted by molar-refractivity contribution is 5.78. The third kappa shape index (κ3) is 4.68. The zero-order chi connectivity index (χ0) is 17.4. The Morgan fingerprint density at radius 1 is 0.958 bits per heavy atom. The summed E-state index contributed by atoms with van der Waals surface area (Å²) in [6, 6.07) is 20.2. The maximum atomic E-state index is 12.1. The van der Waals surface area contributed by atoms with Crippen LogP contribution in [0.4, 0.5) is 0 Å². The van der Waals surface area contributed by atoms with Gasteiger partial charge in [0.1, 0.15) is 5.54 Å². The normalized spacial score (nSPS) is 13.6. The zero-order valence-electron chi connectivity index (χ0n) is 14.6. The number of carboxylic acids is 1. The van der Waals surface area contributed by atoms with Crippen molar-refractivity contribution in [3.05, 3.63) is 71.8 Å². The van der Waals surface area contributed by atoms with Crippen molar-refractivity contribution in [2.75, 3.05) is 0 Å². The summed E-state index contributed by atoms with van der Waals surface area (Å²) in [5, 5.41) is 9.94. The predicted molar refractivity (Wildman–Crippen MR) is 97.7 cm³/mol. The molecule has 1 atom stereocenters. The lowest BCUT2D eigenvalue weighted by molar-refractivity contribution is -0.152. The molecule has 0 radical (unpaired) electrons. The Morgan fingerprint density at radius 2 is 1.42 bits per heavy atom. The minimum atomic E-state index is -0.873. The van der Waals surface area contributed by atoms with Crippen molar-refractivity contribution in [1.29, 1.82) is 0 Å². The average Bonchev–Trinajstić information content (AvgIpc) is 2.60. The molecule has 1 N–H and O–H groups in total. The molecule has 3 heteroatoms. The Morgan fingerprint density at radius 3 is 1.79 bits per heavy atom. The van der Waals surface area contributed by atoms with Gasteiger partial charge < -0.3 is 5.11 Å². The lowest BCUT2D eigenvalue weighted by Gasteiger charge is -2.38. The van der Waals surface area contributed by atoms with Gasteiger partial charge in [0, 0.05) is 13.1 Å². The van der Waals surface area contributed by atoms with Crippen LogP contribution in [0.1, 0.15) is 44.2 Å². The van der Waals surface area contributed by atoms with Crippen LogP contribution < -0.4 is 0 Å². The zero-order valence-corrected chi connectivity index (χ0v) is 14.6. The molecule has 2 aromatic rings. The minimum Gasteiger partial charge on any atom is -0.480 e. The first-order valence-electron chi connectivity index (χ1n) is 8.62. The minimum absolute atomic E-state index is 0.627. The van der Waals surface area contributed by atoms with E-state index < -0.39 is 11.5 Å². The van der Waals surface area contributed by atoms with Crippen molar-refractivity contribution >= 4 is 5.97 Å². The number of carboxylic acid groups (broad SMARTS) is 1. The van der Waals surface area contributed by atoms with Gasteiger partial charge in [0.05, 0.1) is 0 Å². The van der Waals surface area contributed by atoms with Gasteiger partial charge in [-0.3, -0.25) is 9.69 Å². The molecule has 128 valence electrons. The first kappa shape index (κ1) is 18.2. The van der Waals surface area contributed by atoms with Crippen molar-refractivity contribution in [3.8, 4) is 0 Å². The van der Waals surface area contributed by atoms with E-state index in [1.54, 1.807) is 0 Å². The highest BCUT2D eigenvalue weighted by atomic mass is 16.4. The molecular formula is C21H27NO2. The summed E-state index contributed by atoms with van der Waals surface area (Å²) in [7, 11) is 0. The summed E-state index contributed by atoms with van der Waals surface area (Å²) >= 11 is 0. The second-order valence-electron chi connectivity index (χ2n) is 6.51. The van der Waals surface area contributed by atoms with E-state index in [1.165, 1.54) is 0 Å². The fourth-order valence-electron chi connectivity index (χ4n) is 2.93. The van der Waals surface area contributed by atoms with Gasteiger partial charge in [0.25, 0.3) is 0 Å². The number of unbranched alkanes of at least 4 members (excludes halogenated alkanes) is 1. The smallest absolute Gasteiger partial charge is 0.323 e. The lowest BCUT2D eigenvalue weighted by atomic mass is 9.91. The van der Waals surface area contributed by atoms with E-state index in [1.807, 2.05) is 43.3 Å². The molecule has 0 heterocycles. The molecule has 0 aliphatic heterocycles. The van der Waals surface area contributed by atoms with E-state index in [0.29, 0.717) is 19.5 Å². The van der Waals surface area contributed by atoms with Gasteiger partial charge in [0.2, 0.25) is 0 Å². The molecule has 24 heavy (non-hydrogen) atoms. The average molecular weight is 325 g/mol. The van der Waals surface area contributed by atoms with Crippen molar-refractivity contribution in [2.24, 2.45) is 0 Å². The SMILES string of the molecule is CCCC[C@@](C)(C(=O)O)N(Cc1ccccc1)Cc1ccccc1. The maximum absolute atomic E-state index is 12.1. The molecule has 0 saturated heterocycles. The van der Waals surface area contributed by atoms with Crippen molar-refractivity contribution in [3.63, 3.8) is 0 Å². The van der Waals surface area contributed by atoms with Crippen molar-refractivity contribution < 1.29 is 9.90 Å². The van der Waals surface area contributed by atoms with E-state index in [9.17, 15) is 9.90 Å². The van der Waals surface area contributed by atoms with Crippen LogP contribution in [0, 0.1) is 0 Å². The summed E-state index contributed by atoms with van der Waals surface area (Å²) in [6.45, 7) is 5.21. The highest BCUT2D eigenvalue weighted by Gasteiger charge is 2.38. The van der Waals surface area contributed by atoms with Gasteiger partial charge in [-0.2, -0.15) is 0 Å². The summed E-state index contributed by atoms with van der Waals surface area (Å²) in [5.41, 5.74) is 1.40. The first-order chi connectivity index (χ1) is 11.6. The summed E-state index contributed by atoms with van der Waals surface area (Å²) in [6.07, 6.45) is 2.55. The Balaban J connectivity index is 2.30. The van der Waals surface area contributed by atoms with Crippen molar-refractivity contribution in [1.82, 2.24) is 4.90 Å². The molecule has 0 spiro atoms. The third-order valence-electron chi connectivity index (χ3n) is 4.61. The molecule has 0 unspecified atom stereocenters. The van der Waals surface area contributed by atoms with Crippen LogP contribution in [0.2, 0.25) is 0 Å². The predicted octanol–water partition coefficient (Wildman–Crippen LogP) is 4.72. The molecule has 0 fully saturated rings. The number of hydrogen-bond donors (Lipinski definition) is 1. The fourth-order valence-corrected chi connectivity index (χ4v) is 2.93. The number of aliphatic carboxylic acids is 1. The topological polar surface area (TPSA) is 40.5 Å². The molecule has 0 aliphatic rings. The second kappa shape index (κ2) is 8.65. The molecule has 3 nitrogen and oxygen atoms in total. The number of carbonyl (C=O) groups is 1. The Labute approximate surface area is 144 Å². The quantitative estimate of drug-likeness (QED) is 0.725. The lowest BCUT2D eigenvalue weighted by Crippen LogP contribution is -2.51. The third-order valence-corrected chi connectivity index (χ3v) is 4.61. The molecular weight excluding hydrogens is 298 g/mol. The Hall–Kier alpha value is -2.13.